The maximum atomic E-state index is 6.58. The lowest BCUT2D eigenvalue weighted by Gasteiger charge is -2.12. The van der Waals surface area contributed by atoms with Crippen molar-refractivity contribution in [1.82, 2.24) is 19.1 Å². The first kappa shape index (κ1) is 35.2. The Balaban J connectivity index is 0.968. The lowest BCUT2D eigenvalue weighted by atomic mass is 9.96. The van der Waals surface area contributed by atoms with Crippen LogP contribution in [0.3, 0.4) is 0 Å². The van der Waals surface area contributed by atoms with Crippen molar-refractivity contribution in [2.24, 2.45) is 0 Å². The monoisotopic (exact) mass is 804 g/mol. The molecule has 5 nitrogen and oxygen atoms in total. The zero-order chi connectivity index (χ0) is 41.4. The van der Waals surface area contributed by atoms with Crippen molar-refractivity contribution in [2.45, 2.75) is 0 Å². The Kier molecular flexibility index (Phi) is 7.84. The van der Waals surface area contributed by atoms with E-state index in [4.69, 9.17) is 14.4 Å². The fourth-order valence-corrected chi connectivity index (χ4v) is 9.66. The van der Waals surface area contributed by atoms with Crippen molar-refractivity contribution in [3.8, 4) is 56.4 Å². The van der Waals surface area contributed by atoms with Gasteiger partial charge in [0.15, 0.2) is 5.82 Å². The first-order chi connectivity index (χ1) is 31.2. The van der Waals surface area contributed by atoms with Crippen molar-refractivity contribution >= 4 is 65.6 Å². The van der Waals surface area contributed by atoms with Crippen molar-refractivity contribution in [2.75, 3.05) is 0 Å². The molecule has 0 radical (unpaired) electrons. The van der Waals surface area contributed by atoms with Crippen molar-refractivity contribution < 1.29 is 4.42 Å². The molecule has 0 spiro atoms. The van der Waals surface area contributed by atoms with E-state index in [9.17, 15) is 0 Å². The minimum Gasteiger partial charge on any atom is -0.456 e. The van der Waals surface area contributed by atoms with Gasteiger partial charge in [-0.1, -0.05) is 146 Å². The van der Waals surface area contributed by atoms with E-state index < -0.39 is 0 Å². The highest BCUT2D eigenvalue weighted by atomic mass is 16.3. The molecule has 0 aliphatic carbocycles. The van der Waals surface area contributed by atoms with Crippen molar-refractivity contribution in [1.29, 1.82) is 0 Å². The first-order valence-electron chi connectivity index (χ1n) is 21.3. The highest BCUT2D eigenvalue weighted by molar-refractivity contribution is 6.16. The van der Waals surface area contributed by atoms with Gasteiger partial charge in [0, 0.05) is 55.2 Å². The Morgan fingerprint density at radius 3 is 1.62 bits per heavy atom. The molecule has 0 unspecified atom stereocenters. The zero-order valence-corrected chi connectivity index (χ0v) is 34.0. The summed E-state index contributed by atoms with van der Waals surface area (Å²) in [6, 6.07) is 77.3. The molecule has 0 saturated heterocycles. The SMILES string of the molecule is c1ccc(-c2cc(-n3c4ccccc4c4cc(-c5cccc6oc7ccc(-c8ccc9c(c8)c8ccccc8n9-c8ccccc8)cc7c56)ccc43)nc(-c3ccccc3)n2)cc1. The fourth-order valence-electron chi connectivity index (χ4n) is 9.66. The Labute approximate surface area is 362 Å². The summed E-state index contributed by atoms with van der Waals surface area (Å²) < 4.78 is 11.2. The van der Waals surface area contributed by atoms with Crippen molar-refractivity contribution in [3.05, 3.63) is 218 Å². The summed E-state index contributed by atoms with van der Waals surface area (Å²) >= 11 is 0. The number of benzene rings is 9. The predicted molar refractivity (Wildman–Crippen MR) is 260 cm³/mol. The van der Waals surface area contributed by atoms with Crippen LogP contribution in [0.1, 0.15) is 0 Å². The van der Waals surface area contributed by atoms with Crippen LogP contribution in [0.5, 0.6) is 0 Å². The molecule has 9 aromatic carbocycles. The Morgan fingerprint density at radius 2 is 0.889 bits per heavy atom. The fraction of sp³-hybridized carbons (Fsp3) is 0. The topological polar surface area (TPSA) is 48.8 Å². The van der Waals surface area contributed by atoms with E-state index in [1.807, 2.05) is 24.3 Å². The molecule has 4 aromatic heterocycles. The highest BCUT2D eigenvalue weighted by Gasteiger charge is 2.20. The smallest absolute Gasteiger partial charge is 0.162 e. The maximum absolute atomic E-state index is 6.58. The number of fused-ring (bicyclic) bond motifs is 9. The van der Waals surface area contributed by atoms with Gasteiger partial charge in [0.1, 0.15) is 17.0 Å². The van der Waals surface area contributed by atoms with Crippen LogP contribution in [0.25, 0.3) is 122 Å². The number of nitrogens with zero attached hydrogens (tertiary/aromatic N) is 4. The second-order valence-electron chi connectivity index (χ2n) is 16.2. The quantitative estimate of drug-likeness (QED) is 0.168. The molecular weight excluding hydrogens is 769 g/mol. The molecule has 0 amide bonds. The van der Waals surface area contributed by atoms with E-state index in [1.165, 1.54) is 21.8 Å². The number of hydrogen-bond donors (Lipinski definition) is 0. The van der Waals surface area contributed by atoms with Crippen LogP contribution in [0.2, 0.25) is 0 Å². The average molecular weight is 805 g/mol. The van der Waals surface area contributed by atoms with E-state index in [-0.39, 0.29) is 0 Å². The van der Waals surface area contributed by atoms with Gasteiger partial charge in [-0.05, 0) is 89.0 Å². The number of rotatable bonds is 6. The Hall–Kier alpha value is -8.54. The standard InChI is InChI=1S/C58H36N4O/c1-4-15-37(16-5-1)49-36-56(60-58(59-49)38-17-6-2-7-18-38)62-51-25-13-11-22-45(51)47-35-41(28-31-53(47)62)43-23-14-26-55-57(43)48-34-40(29-32-54(48)63-55)39-27-30-52-46(33-39)44-21-10-12-24-50(44)61(52)42-19-8-3-9-20-42/h1-36H. The van der Waals surface area contributed by atoms with Gasteiger partial charge in [0.25, 0.3) is 0 Å². The molecular formula is C58H36N4O. The lowest BCUT2D eigenvalue weighted by molar-refractivity contribution is 0.669. The molecule has 4 heterocycles. The third kappa shape index (κ3) is 5.64. The second kappa shape index (κ2) is 14.0. The number of aromatic nitrogens is 4. The van der Waals surface area contributed by atoms with Gasteiger partial charge in [-0.2, -0.15) is 0 Å². The summed E-state index contributed by atoms with van der Waals surface area (Å²) in [7, 11) is 0. The minimum atomic E-state index is 0.686. The molecule has 13 aromatic rings. The lowest BCUT2D eigenvalue weighted by Crippen LogP contribution is -2.02. The summed E-state index contributed by atoms with van der Waals surface area (Å²) in [5.41, 5.74) is 14.9. The average Bonchev–Trinajstić information content (AvgIpc) is 4.02. The molecule has 63 heavy (non-hydrogen) atoms. The van der Waals surface area contributed by atoms with Crippen LogP contribution in [0.15, 0.2) is 223 Å². The minimum absolute atomic E-state index is 0.686. The highest BCUT2D eigenvalue weighted by Crippen LogP contribution is 2.42. The largest absolute Gasteiger partial charge is 0.456 e. The predicted octanol–water partition coefficient (Wildman–Crippen LogP) is 15.2. The summed E-state index contributed by atoms with van der Waals surface area (Å²) in [5, 5.41) is 6.97. The maximum Gasteiger partial charge on any atom is 0.162 e. The molecule has 0 atom stereocenters. The Morgan fingerprint density at radius 1 is 0.333 bits per heavy atom. The van der Waals surface area contributed by atoms with Crippen LogP contribution in [0.4, 0.5) is 0 Å². The molecule has 13 rings (SSSR count). The van der Waals surface area contributed by atoms with Gasteiger partial charge in [-0.15, -0.1) is 0 Å². The molecule has 0 bridgehead atoms. The van der Waals surface area contributed by atoms with Crippen LogP contribution in [0, 0.1) is 0 Å². The summed E-state index contributed by atoms with van der Waals surface area (Å²) in [6.45, 7) is 0. The van der Waals surface area contributed by atoms with E-state index in [1.54, 1.807) is 0 Å². The normalized spacial score (nSPS) is 11.8. The van der Waals surface area contributed by atoms with Crippen LogP contribution < -0.4 is 0 Å². The zero-order valence-electron chi connectivity index (χ0n) is 34.0. The molecule has 0 aliphatic rings. The van der Waals surface area contributed by atoms with Gasteiger partial charge in [0.2, 0.25) is 0 Å². The van der Waals surface area contributed by atoms with Gasteiger partial charge in [0.05, 0.1) is 27.8 Å². The number of para-hydroxylation sites is 3. The van der Waals surface area contributed by atoms with E-state index in [0.29, 0.717) is 5.82 Å². The molecule has 294 valence electrons. The van der Waals surface area contributed by atoms with E-state index in [2.05, 4.69) is 203 Å². The Bertz CT molecular complexity index is 3840. The molecule has 0 fully saturated rings. The molecule has 0 N–H and O–H groups in total. The van der Waals surface area contributed by atoms with Crippen LogP contribution in [-0.2, 0) is 0 Å². The third-order valence-electron chi connectivity index (χ3n) is 12.5. The molecule has 0 aliphatic heterocycles. The first-order valence-corrected chi connectivity index (χ1v) is 21.3. The van der Waals surface area contributed by atoms with E-state index in [0.717, 1.165) is 94.3 Å². The van der Waals surface area contributed by atoms with Crippen molar-refractivity contribution in [3.63, 3.8) is 0 Å². The van der Waals surface area contributed by atoms with Crippen LogP contribution >= 0.6 is 0 Å². The summed E-state index contributed by atoms with van der Waals surface area (Å²) in [6.07, 6.45) is 0. The van der Waals surface area contributed by atoms with Gasteiger partial charge < -0.3 is 8.98 Å². The van der Waals surface area contributed by atoms with Crippen LogP contribution in [-0.4, -0.2) is 19.1 Å². The van der Waals surface area contributed by atoms with Gasteiger partial charge in [-0.25, -0.2) is 9.97 Å². The number of hydrogen-bond acceptors (Lipinski definition) is 3. The summed E-state index contributed by atoms with van der Waals surface area (Å²) in [5.74, 6) is 1.51. The van der Waals surface area contributed by atoms with Gasteiger partial charge >= 0.3 is 0 Å². The summed E-state index contributed by atoms with van der Waals surface area (Å²) in [4.78, 5) is 10.3. The number of furan rings is 1. The molecule has 0 saturated carbocycles. The van der Waals surface area contributed by atoms with E-state index >= 15 is 0 Å². The third-order valence-corrected chi connectivity index (χ3v) is 12.5. The second-order valence-corrected chi connectivity index (χ2v) is 16.2. The molecule has 5 heteroatoms. The van der Waals surface area contributed by atoms with Gasteiger partial charge in [-0.3, -0.25) is 4.57 Å².